The SMILES string of the molecule is COC1=CN=C2CCC[C@@H]2C=C1. The first-order valence-electron chi connectivity index (χ1n) is 4.39. The van der Waals surface area contributed by atoms with Gasteiger partial charge in [0.05, 0.1) is 13.3 Å². The third-order valence-electron chi connectivity index (χ3n) is 2.46. The van der Waals surface area contributed by atoms with Gasteiger partial charge in [-0.2, -0.15) is 0 Å². The number of aliphatic imine (C=N–C) groups is 1. The summed E-state index contributed by atoms with van der Waals surface area (Å²) in [6.07, 6.45) is 9.73. The molecule has 1 aliphatic carbocycles. The highest BCUT2D eigenvalue weighted by atomic mass is 16.5. The largest absolute Gasteiger partial charge is 0.495 e. The zero-order chi connectivity index (χ0) is 8.39. The smallest absolute Gasteiger partial charge is 0.136 e. The Hall–Kier alpha value is -1.05. The van der Waals surface area contributed by atoms with E-state index < -0.39 is 0 Å². The number of allylic oxidation sites excluding steroid dienone is 2. The van der Waals surface area contributed by atoms with Crippen molar-refractivity contribution in [1.82, 2.24) is 0 Å². The van der Waals surface area contributed by atoms with Gasteiger partial charge in [-0.3, -0.25) is 4.99 Å². The molecule has 0 N–H and O–H groups in total. The molecule has 0 bridgehead atoms. The van der Waals surface area contributed by atoms with Crippen LogP contribution < -0.4 is 0 Å². The van der Waals surface area contributed by atoms with E-state index in [2.05, 4.69) is 11.1 Å². The van der Waals surface area contributed by atoms with Crippen molar-refractivity contribution in [3.05, 3.63) is 24.1 Å². The van der Waals surface area contributed by atoms with Crippen molar-refractivity contribution in [3.8, 4) is 0 Å². The van der Waals surface area contributed by atoms with Crippen LogP contribution in [0.2, 0.25) is 0 Å². The first-order valence-corrected chi connectivity index (χ1v) is 4.39. The van der Waals surface area contributed by atoms with Crippen LogP contribution in [-0.2, 0) is 4.74 Å². The van der Waals surface area contributed by atoms with E-state index >= 15 is 0 Å². The van der Waals surface area contributed by atoms with Gasteiger partial charge in [0.25, 0.3) is 0 Å². The predicted molar refractivity (Wildman–Crippen MR) is 49.0 cm³/mol. The second-order valence-electron chi connectivity index (χ2n) is 3.21. The minimum atomic E-state index is 0.578. The number of hydrogen-bond donors (Lipinski definition) is 0. The second-order valence-corrected chi connectivity index (χ2v) is 3.21. The molecular weight excluding hydrogens is 150 g/mol. The Morgan fingerprint density at radius 2 is 2.50 bits per heavy atom. The van der Waals surface area contributed by atoms with Crippen LogP contribution in [0.25, 0.3) is 0 Å². The van der Waals surface area contributed by atoms with E-state index in [1.807, 2.05) is 12.3 Å². The second kappa shape index (κ2) is 3.13. The minimum absolute atomic E-state index is 0.578. The van der Waals surface area contributed by atoms with E-state index in [1.54, 1.807) is 7.11 Å². The van der Waals surface area contributed by atoms with Crippen LogP contribution >= 0.6 is 0 Å². The van der Waals surface area contributed by atoms with E-state index in [9.17, 15) is 0 Å². The summed E-state index contributed by atoms with van der Waals surface area (Å²) >= 11 is 0. The van der Waals surface area contributed by atoms with Crippen LogP contribution in [0.15, 0.2) is 29.1 Å². The van der Waals surface area contributed by atoms with E-state index in [0.717, 1.165) is 12.2 Å². The highest BCUT2D eigenvalue weighted by Crippen LogP contribution is 2.26. The first kappa shape index (κ1) is 7.59. The molecule has 0 unspecified atom stereocenters. The molecule has 0 amide bonds. The predicted octanol–water partition coefficient (Wildman–Crippen LogP) is 2.29. The van der Waals surface area contributed by atoms with Crippen molar-refractivity contribution in [3.63, 3.8) is 0 Å². The Morgan fingerprint density at radius 3 is 3.33 bits per heavy atom. The van der Waals surface area contributed by atoms with Crippen molar-refractivity contribution in [2.75, 3.05) is 7.11 Å². The Bertz CT molecular complexity index is 263. The van der Waals surface area contributed by atoms with Crippen molar-refractivity contribution in [2.45, 2.75) is 19.3 Å². The molecule has 2 aliphatic rings. The number of ether oxygens (including phenoxy) is 1. The molecule has 1 fully saturated rings. The molecule has 2 rings (SSSR count). The maximum Gasteiger partial charge on any atom is 0.136 e. The molecule has 64 valence electrons. The fraction of sp³-hybridized carbons (Fsp3) is 0.500. The Balaban J connectivity index is 2.24. The number of fused-ring (bicyclic) bond motifs is 1. The Kier molecular flexibility index (Phi) is 1.98. The average molecular weight is 163 g/mol. The molecule has 0 aromatic rings. The monoisotopic (exact) mass is 163 g/mol. The third kappa shape index (κ3) is 1.29. The standard InChI is InChI=1S/C10H13NO/c1-12-9-6-5-8-3-2-4-10(8)11-7-9/h5-8H,2-4H2,1H3/t8-/m1/s1. The summed E-state index contributed by atoms with van der Waals surface area (Å²) in [4.78, 5) is 4.40. The highest BCUT2D eigenvalue weighted by Gasteiger charge is 2.20. The summed E-state index contributed by atoms with van der Waals surface area (Å²) in [6, 6.07) is 0. The number of methoxy groups -OCH3 is 1. The van der Waals surface area contributed by atoms with Gasteiger partial charge >= 0.3 is 0 Å². The quantitative estimate of drug-likeness (QED) is 0.581. The lowest BCUT2D eigenvalue weighted by atomic mass is 10.1. The molecule has 2 nitrogen and oxygen atoms in total. The number of hydrogen-bond acceptors (Lipinski definition) is 2. The van der Waals surface area contributed by atoms with Crippen LogP contribution in [0.4, 0.5) is 0 Å². The van der Waals surface area contributed by atoms with Crippen molar-refractivity contribution in [2.24, 2.45) is 10.9 Å². The summed E-state index contributed by atoms with van der Waals surface area (Å²) in [5.41, 5.74) is 1.32. The number of nitrogens with zero attached hydrogens (tertiary/aromatic N) is 1. The average Bonchev–Trinajstić information content (AvgIpc) is 2.46. The first-order chi connectivity index (χ1) is 5.90. The summed E-state index contributed by atoms with van der Waals surface area (Å²) in [6.45, 7) is 0. The minimum Gasteiger partial charge on any atom is -0.495 e. The van der Waals surface area contributed by atoms with Gasteiger partial charge < -0.3 is 4.74 Å². The summed E-state index contributed by atoms with van der Waals surface area (Å²) in [7, 11) is 1.68. The fourth-order valence-corrected chi connectivity index (χ4v) is 1.74. The highest BCUT2D eigenvalue weighted by molar-refractivity contribution is 5.90. The Morgan fingerprint density at radius 1 is 1.58 bits per heavy atom. The van der Waals surface area contributed by atoms with E-state index in [4.69, 9.17) is 4.74 Å². The van der Waals surface area contributed by atoms with Gasteiger partial charge in [0.2, 0.25) is 0 Å². The summed E-state index contributed by atoms with van der Waals surface area (Å²) in [5.74, 6) is 1.44. The molecule has 1 aliphatic heterocycles. The van der Waals surface area contributed by atoms with Crippen LogP contribution in [0, 0.1) is 5.92 Å². The molecule has 0 aromatic carbocycles. The van der Waals surface area contributed by atoms with Crippen molar-refractivity contribution >= 4 is 5.71 Å². The lowest BCUT2D eigenvalue weighted by Crippen LogP contribution is -2.01. The normalized spacial score (nSPS) is 27.2. The van der Waals surface area contributed by atoms with Gasteiger partial charge in [0, 0.05) is 11.6 Å². The van der Waals surface area contributed by atoms with Crippen LogP contribution in [0.1, 0.15) is 19.3 Å². The van der Waals surface area contributed by atoms with Gasteiger partial charge in [-0.1, -0.05) is 6.08 Å². The molecule has 1 atom stereocenters. The van der Waals surface area contributed by atoms with Gasteiger partial charge in [-0.15, -0.1) is 0 Å². The van der Waals surface area contributed by atoms with Gasteiger partial charge in [-0.25, -0.2) is 0 Å². The lowest BCUT2D eigenvalue weighted by molar-refractivity contribution is 0.306. The zero-order valence-electron chi connectivity index (χ0n) is 7.29. The maximum atomic E-state index is 5.10. The van der Waals surface area contributed by atoms with Gasteiger partial charge in [0.15, 0.2) is 0 Å². The third-order valence-corrected chi connectivity index (χ3v) is 2.46. The lowest BCUT2D eigenvalue weighted by Gasteiger charge is -2.00. The van der Waals surface area contributed by atoms with Crippen LogP contribution in [0.3, 0.4) is 0 Å². The fourth-order valence-electron chi connectivity index (χ4n) is 1.74. The number of rotatable bonds is 1. The topological polar surface area (TPSA) is 21.6 Å². The molecular formula is C10H13NO. The molecule has 0 aromatic heterocycles. The van der Waals surface area contributed by atoms with Crippen molar-refractivity contribution < 1.29 is 4.74 Å². The molecule has 12 heavy (non-hydrogen) atoms. The maximum absolute atomic E-state index is 5.10. The van der Waals surface area contributed by atoms with Crippen molar-refractivity contribution in [1.29, 1.82) is 0 Å². The van der Waals surface area contributed by atoms with Crippen LogP contribution in [-0.4, -0.2) is 12.8 Å². The summed E-state index contributed by atoms with van der Waals surface area (Å²) < 4.78 is 5.10. The molecule has 1 saturated carbocycles. The molecule has 1 heterocycles. The Labute approximate surface area is 72.6 Å². The zero-order valence-corrected chi connectivity index (χ0v) is 7.29. The molecule has 0 radical (unpaired) electrons. The van der Waals surface area contributed by atoms with Gasteiger partial charge in [-0.05, 0) is 25.3 Å². The molecule has 0 saturated heterocycles. The molecule has 2 heteroatoms. The van der Waals surface area contributed by atoms with Gasteiger partial charge in [0.1, 0.15) is 5.76 Å². The summed E-state index contributed by atoms with van der Waals surface area (Å²) in [5, 5.41) is 0. The van der Waals surface area contributed by atoms with E-state index in [1.165, 1.54) is 18.6 Å². The van der Waals surface area contributed by atoms with Crippen LogP contribution in [0.5, 0.6) is 0 Å². The molecule has 0 spiro atoms. The van der Waals surface area contributed by atoms with E-state index in [-0.39, 0.29) is 0 Å². The van der Waals surface area contributed by atoms with E-state index in [0.29, 0.717) is 5.92 Å².